The first-order valence-corrected chi connectivity index (χ1v) is 5.10. The summed E-state index contributed by atoms with van der Waals surface area (Å²) in [6.45, 7) is 2.96. The van der Waals surface area contributed by atoms with Crippen LogP contribution in [0.1, 0.15) is 25.5 Å². The Morgan fingerprint density at radius 2 is 1.82 bits per heavy atom. The lowest BCUT2D eigenvalue weighted by Gasteiger charge is -2.29. The smallest absolute Gasteiger partial charge is 0.313 e. The number of methoxy groups -OCH3 is 1. The molecule has 0 amide bonds. The molecular formula is C12H15F2NO2. The summed E-state index contributed by atoms with van der Waals surface area (Å²) in [7, 11) is 1.20. The van der Waals surface area contributed by atoms with E-state index in [2.05, 4.69) is 4.74 Å². The van der Waals surface area contributed by atoms with E-state index in [1.807, 2.05) is 0 Å². The van der Waals surface area contributed by atoms with Gasteiger partial charge in [0.25, 0.3) is 0 Å². The van der Waals surface area contributed by atoms with Gasteiger partial charge >= 0.3 is 5.97 Å². The summed E-state index contributed by atoms with van der Waals surface area (Å²) >= 11 is 0. The summed E-state index contributed by atoms with van der Waals surface area (Å²) in [5.41, 5.74) is 4.26. The Hall–Kier alpha value is -1.49. The van der Waals surface area contributed by atoms with Gasteiger partial charge in [-0.1, -0.05) is 6.07 Å². The van der Waals surface area contributed by atoms with Gasteiger partial charge in [0.1, 0.15) is 11.6 Å². The predicted molar refractivity (Wildman–Crippen MR) is 59.1 cm³/mol. The van der Waals surface area contributed by atoms with E-state index in [4.69, 9.17) is 5.73 Å². The second-order valence-corrected chi connectivity index (χ2v) is 4.33. The van der Waals surface area contributed by atoms with E-state index in [9.17, 15) is 13.6 Å². The van der Waals surface area contributed by atoms with Crippen LogP contribution in [0.2, 0.25) is 0 Å². The molecule has 0 fully saturated rings. The van der Waals surface area contributed by atoms with Gasteiger partial charge in [-0.25, -0.2) is 8.78 Å². The van der Waals surface area contributed by atoms with Crippen LogP contribution in [0.25, 0.3) is 0 Å². The third-order valence-electron chi connectivity index (χ3n) is 2.80. The lowest BCUT2D eigenvalue weighted by atomic mass is 9.80. The third kappa shape index (κ3) is 2.44. The van der Waals surface area contributed by atoms with Gasteiger partial charge in [0.15, 0.2) is 0 Å². The maximum absolute atomic E-state index is 13.5. The summed E-state index contributed by atoms with van der Waals surface area (Å²) < 4.78 is 31.6. The molecule has 0 aliphatic heterocycles. The molecule has 0 unspecified atom stereocenters. The zero-order chi connectivity index (χ0) is 13.2. The number of benzene rings is 1. The minimum Gasteiger partial charge on any atom is -0.469 e. The molecule has 5 heteroatoms. The average Bonchev–Trinajstić information content (AvgIpc) is 2.27. The molecule has 1 aromatic carbocycles. The second kappa shape index (κ2) is 4.79. The topological polar surface area (TPSA) is 52.3 Å². The van der Waals surface area contributed by atoms with Crippen molar-refractivity contribution in [1.29, 1.82) is 0 Å². The van der Waals surface area contributed by atoms with Crippen LogP contribution in [0.4, 0.5) is 8.78 Å². The highest BCUT2D eigenvalue weighted by molar-refractivity contribution is 5.77. The number of carbonyl (C=O) groups excluding carboxylic acids is 1. The van der Waals surface area contributed by atoms with Crippen molar-refractivity contribution in [2.45, 2.75) is 19.9 Å². The average molecular weight is 243 g/mol. The number of halogens is 2. The summed E-state index contributed by atoms with van der Waals surface area (Å²) in [4.78, 5) is 11.5. The van der Waals surface area contributed by atoms with Gasteiger partial charge in [0.05, 0.1) is 18.6 Å². The highest BCUT2D eigenvalue weighted by Crippen LogP contribution is 2.34. The first-order chi connectivity index (χ1) is 7.82. The van der Waals surface area contributed by atoms with Gasteiger partial charge in [0, 0.05) is 5.56 Å². The first kappa shape index (κ1) is 13.6. The summed E-state index contributed by atoms with van der Waals surface area (Å²) in [5, 5.41) is 0. The summed E-state index contributed by atoms with van der Waals surface area (Å²) in [6, 6.07) is 2.33. The lowest BCUT2D eigenvalue weighted by Crippen LogP contribution is -2.38. The molecule has 94 valence electrons. The molecule has 0 aromatic heterocycles. The molecule has 0 bridgehead atoms. The van der Waals surface area contributed by atoms with Crippen LogP contribution in [0.5, 0.6) is 0 Å². The molecule has 0 saturated carbocycles. The second-order valence-electron chi connectivity index (χ2n) is 4.33. The van der Waals surface area contributed by atoms with E-state index in [1.165, 1.54) is 27.0 Å². The summed E-state index contributed by atoms with van der Waals surface area (Å²) in [6.07, 6.45) is 0. The highest BCUT2D eigenvalue weighted by atomic mass is 19.1. The number of carbonyl (C=O) groups is 1. The molecule has 2 N–H and O–H groups in total. The van der Waals surface area contributed by atoms with Crippen molar-refractivity contribution in [1.82, 2.24) is 0 Å². The fourth-order valence-electron chi connectivity index (χ4n) is 1.56. The quantitative estimate of drug-likeness (QED) is 0.828. The molecule has 1 rings (SSSR count). The van der Waals surface area contributed by atoms with E-state index in [0.29, 0.717) is 0 Å². The molecule has 0 aliphatic carbocycles. The van der Waals surface area contributed by atoms with Crippen molar-refractivity contribution in [3.8, 4) is 0 Å². The maximum Gasteiger partial charge on any atom is 0.313 e. The standard InChI is InChI=1S/C12H15F2NO2/c1-12(2,11(16)17-3)10(15)9-7(13)5-4-6-8(9)14/h4-6,10H,15H2,1-3H3/t10-/m1/s1. The molecule has 0 radical (unpaired) electrons. The van der Waals surface area contributed by atoms with Crippen LogP contribution >= 0.6 is 0 Å². The minimum atomic E-state index is -1.21. The van der Waals surface area contributed by atoms with E-state index in [1.54, 1.807) is 0 Å². The van der Waals surface area contributed by atoms with Gasteiger partial charge in [-0.3, -0.25) is 4.79 Å². The van der Waals surface area contributed by atoms with Crippen LogP contribution in [0.3, 0.4) is 0 Å². The number of esters is 1. The van der Waals surface area contributed by atoms with Crippen LogP contribution in [-0.4, -0.2) is 13.1 Å². The molecule has 0 aliphatic rings. The number of hydrogen-bond donors (Lipinski definition) is 1. The summed E-state index contributed by atoms with van der Waals surface area (Å²) in [5.74, 6) is -2.16. The monoisotopic (exact) mass is 243 g/mol. The van der Waals surface area contributed by atoms with Gasteiger partial charge in [-0.2, -0.15) is 0 Å². The lowest BCUT2D eigenvalue weighted by molar-refractivity contribution is -0.152. The largest absolute Gasteiger partial charge is 0.469 e. The van der Waals surface area contributed by atoms with Crippen LogP contribution in [-0.2, 0) is 9.53 Å². The van der Waals surface area contributed by atoms with Gasteiger partial charge < -0.3 is 10.5 Å². The van der Waals surface area contributed by atoms with Gasteiger partial charge in [-0.15, -0.1) is 0 Å². The molecular weight excluding hydrogens is 228 g/mol. The Kier molecular flexibility index (Phi) is 3.83. The fourth-order valence-corrected chi connectivity index (χ4v) is 1.56. The molecule has 1 atom stereocenters. The predicted octanol–water partition coefficient (Wildman–Crippen LogP) is 2.16. The van der Waals surface area contributed by atoms with Crippen molar-refractivity contribution >= 4 is 5.97 Å². The first-order valence-electron chi connectivity index (χ1n) is 5.10. The Morgan fingerprint density at radius 1 is 1.35 bits per heavy atom. The zero-order valence-corrected chi connectivity index (χ0v) is 9.96. The minimum absolute atomic E-state index is 0.303. The molecule has 17 heavy (non-hydrogen) atoms. The van der Waals surface area contributed by atoms with Crippen molar-refractivity contribution in [2.75, 3.05) is 7.11 Å². The van der Waals surface area contributed by atoms with E-state index < -0.39 is 29.1 Å². The fraction of sp³-hybridized carbons (Fsp3) is 0.417. The molecule has 1 aromatic rings. The number of nitrogens with two attached hydrogens (primary N) is 1. The number of ether oxygens (including phenoxy) is 1. The van der Waals surface area contributed by atoms with Crippen molar-refractivity contribution in [3.63, 3.8) is 0 Å². The van der Waals surface area contributed by atoms with E-state index in [0.717, 1.165) is 12.1 Å². The highest BCUT2D eigenvalue weighted by Gasteiger charge is 2.39. The maximum atomic E-state index is 13.5. The Morgan fingerprint density at radius 3 is 2.24 bits per heavy atom. The normalized spacial score (nSPS) is 13.3. The molecule has 0 heterocycles. The van der Waals surface area contributed by atoms with Crippen LogP contribution < -0.4 is 5.73 Å². The van der Waals surface area contributed by atoms with Gasteiger partial charge in [-0.05, 0) is 26.0 Å². The van der Waals surface area contributed by atoms with Crippen LogP contribution in [0.15, 0.2) is 18.2 Å². The number of hydrogen-bond acceptors (Lipinski definition) is 3. The number of rotatable bonds is 3. The molecule has 3 nitrogen and oxygen atoms in total. The zero-order valence-electron chi connectivity index (χ0n) is 9.96. The third-order valence-corrected chi connectivity index (χ3v) is 2.80. The van der Waals surface area contributed by atoms with Crippen LogP contribution in [0, 0.1) is 17.0 Å². The molecule has 0 spiro atoms. The SMILES string of the molecule is COC(=O)C(C)(C)[C@H](N)c1c(F)cccc1F. The van der Waals surface area contributed by atoms with Gasteiger partial charge in [0.2, 0.25) is 0 Å². The Balaban J connectivity index is 3.21. The van der Waals surface area contributed by atoms with Crippen molar-refractivity contribution in [3.05, 3.63) is 35.4 Å². The molecule has 0 saturated heterocycles. The van der Waals surface area contributed by atoms with Crippen molar-refractivity contribution < 1.29 is 18.3 Å². The van der Waals surface area contributed by atoms with E-state index >= 15 is 0 Å². The van der Waals surface area contributed by atoms with E-state index in [-0.39, 0.29) is 5.56 Å². The Bertz CT molecular complexity index is 412. The van der Waals surface area contributed by atoms with Crippen molar-refractivity contribution in [2.24, 2.45) is 11.1 Å². The Labute approximate surface area is 98.6 Å².